The van der Waals surface area contributed by atoms with E-state index in [1.165, 1.54) is 0 Å². The SMILES string of the molecule is Cn1cc(N)cc1C(=O)NCCCS(N)(=O)=O. The average molecular weight is 260 g/mol. The molecule has 1 heterocycles. The van der Waals surface area contributed by atoms with Crippen molar-refractivity contribution < 1.29 is 13.2 Å². The molecule has 0 saturated heterocycles. The number of anilines is 1. The van der Waals surface area contributed by atoms with Gasteiger partial charge in [-0.15, -0.1) is 0 Å². The zero-order chi connectivity index (χ0) is 13.1. The minimum Gasteiger partial charge on any atom is -0.397 e. The Kier molecular flexibility index (Phi) is 4.13. The summed E-state index contributed by atoms with van der Waals surface area (Å²) in [5.41, 5.74) is 6.46. The van der Waals surface area contributed by atoms with E-state index in [-0.39, 0.29) is 24.6 Å². The summed E-state index contributed by atoms with van der Waals surface area (Å²) in [6, 6.07) is 1.55. The quantitative estimate of drug-likeness (QED) is 0.589. The van der Waals surface area contributed by atoms with Gasteiger partial charge in [0.05, 0.1) is 11.4 Å². The molecule has 96 valence electrons. The molecule has 17 heavy (non-hydrogen) atoms. The van der Waals surface area contributed by atoms with E-state index in [0.29, 0.717) is 11.4 Å². The second-order valence-electron chi connectivity index (χ2n) is 3.75. The smallest absolute Gasteiger partial charge is 0.267 e. The third kappa shape index (κ3) is 4.45. The fourth-order valence-electron chi connectivity index (χ4n) is 1.38. The molecule has 0 radical (unpaired) electrons. The number of nitrogens with two attached hydrogens (primary N) is 2. The Morgan fingerprint density at radius 1 is 1.53 bits per heavy atom. The minimum absolute atomic E-state index is 0.150. The molecule has 0 aromatic carbocycles. The standard InChI is InChI=1S/C9H16N4O3S/c1-13-6-7(10)5-8(13)9(14)12-3-2-4-17(11,15)16/h5-6H,2-4,10H2,1H3,(H,12,14)(H2,11,15,16). The van der Waals surface area contributed by atoms with Gasteiger partial charge in [-0.1, -0.05) is 0 Å². The lowest BCUT2D eigenvalue weighted by Crippen LogP contribution is -2.28. The number of nitrogens with zero attached hydrogens (tertiary/aromatic N) is 1. The van der Waals surface area contributed by atoms with Gasteiger partial charge in [-0.3, -0.25) is 4.79 Å². The van der Waals surface area contributed by atoms with Crippen LogP contribution in [0.15, 0.2) is 12.3 Å². The van der Waals surface area contributed by atoms with Crippen molar-refractivity contribution in [1.29, 1.82) is 0 Å². The number of nitrogens with one attached hydrogen (secondary N) is 1. The highest BCUT2D eigenvalue weighted by Crippen LogP contribution is 2.08. The van der Waals surface area contributed by atoms with Crippen LogP contribution in [-0.2, 0) is 17.1 Å². The summed E-state index contributed by atoms with van der Waals surface area (Å²) < 4.78 is 22.9. The van der Waals surface area contributed by atoms with E-state index < -0.39 is 10.0 Å². The van der Waals surface area contributed by atoms with Gasteiger partial charge in [0.1, 0.15) is 5.69 Å². The van der Waals surface area contributed by atoms with Crippen molar-refractivity contribution in [3.63, 3.8) is 0 Å². The Labute approximate surface area is 99.8 Å². The third-order valence-corrected chi connectivity index (χ3v) is 3.01. The molecule has 0 aliphatic carbocycles. The largest absolute Gasteiger partial charge is 0.397 e. The molecular weight excluding hydrogens is 244 g/mol. The van der Waals surface area contributed by atoms with E-state index >= 15 is 0 Å². The van der Waals surface area contributed by atoms with E-state index in [2.05, 4.69) is 5.32 Å². The van der Waals surface area contributed by atoms with Crippen LogP contribution in [0.5, 0.6) is 0 Å². The van der Waals surface area contributed by atoms with Crippen LogP contribution >= 0.6 is 0 Å². The maximum absolute atomic E-state index is 11.6. The maximum Gasteiger partial charge on any atom is 0.267 e. The molecule has 1 aromatic heterocycles. The Morgan fingerprint density at radius 2 is 2.18 bits per heavy atom. The van der Waals surface area contributed by atoms with Gasteiger partial charge in [-0.25, -0.2) is 13.6 Å². The second kappa shape index (κ2) is 5.19. The van der Waals surface area contributed by atoms with Crippen LogP contribution in [-0.4, -0.2) is 31.2 Å². The van der Waals surface area contributed by atoms with Gasteiger partial charge in [-0.05, 0) is 12.5 Å². The van der Waals surface area contributed by atoms with Gasteiger partial charge in [0.15, 0.2) is 0 Å². The molecule has 0 fully saturated rings. The number of aromatic nitrogens is 1. The topological polar surface area (TPSA) is 120 Å². The zero-order valence-electron chi connectivity index (χ0n) is 9.51. The molecule has 0 aliphatic rings. The van der Waals surface area contributed by atoms with Crippen molar-refractivity contribution in [3.8, 4) is 0 Å². The van der Waals surface area contributed by atoms with Crippen LogP contribution in [0.1, 0.15) is 16.9 Å². The Hall–Kier alpha value is -1.54. The summed E-state index contributed by atoms with van der Waals surface area (Å²) in [5, 5.41) is 7.42. The molecule has 7 nitrogen and oxygen atoms in total. The fraction of sp³-hybridized carbons (Fsp3) is 0.444. The number of aryl methyl sites for hydroxylation is 1. The number of nitrogen functional groups attached to an aromatic ring is 1. The van der Waals surface area contributed by atoms with Crippen LogP contribution in [0, 0.1) is 0 Å². The Balaban J connectivity index is 2.43. The predicted octanol–water partition coefficient (Wildman–Crippen LogP) is -0.984. The minimum atomic E-state index is -3.47. The lowest BCUT2D eigenvalue weighted by molar-refractivity contribution is 0.0945. The molecule has 5 N–H and O–H groups in total. The molecule has 0 spiro atoms. The molecule has 0 unspecified atom stereocenters. The van der Waals surface area contributed by atoms with Crippen LogP contribution in [0.25, 0.3) is 0 Å². The summed E-state index contributed by atoms with van der Waals surface area (Å²) >= 11 is 0. The molecule has 1 aromatic rings. The number of hydrogen-bond acceptors (Lipinski definition) is 4. The van der Waals surface area contributed by atoms with Crippen molar-refractivity contribution >= 4 is 21.6 Å². The van der Waals surface area contributed by atoms with Gasteiger partial charge in [0, 0.05) is 19.8 Å². The summed E-state index contributed by atoms with van der Waals surface area (Å²) in [5.74, 6) is -0.443. The second-order valence-corrected chi connectivity index (χ2v) is 5.48. The molecule has 0 aliphatic heterocycles. The van der Waals surface area contributed by atoms with Gasteiger partial charge in [-0.2, -0.15) is 0 Å². The highest BCUT2D eigenvalue weighted by molar-refractivity contribution is 7.89. The van der Waals surface area contributed by atoms with Gasteiger partial charge >= 0.3 is 0 Å². The summed E-state index contributed by atoms with van der Waals surface area (Å²) in [6.45, 7) is 0.250. The fourth-order valence-corrected chi connectivity index (χ4v) is 1.93. The van der Waals surface area contributed by atoms with Crippen molar-refractivity contribution in [2.24, 2.45) is 12.2 Å². The molecule has 8 heteroatoms. The summed E-state index contributed by atoms with van der Waals surface area (Å²) in [6.07, 6.45) is 1.91. The van der Waals surface area contributed by atoms with Crippen molar-refractivity contribution in [3.05, 3.63) is 18.0 Å². The Morgan fingerprint density at radius 3 is 2.65 bits per heavy atom. The molecule has 1 amide bonds. The molecule has 0 atom stereocenters. The first kappa shape index (κ1) is 13.5. The number of primary sulfonamides is 1. The number of rotatable bonds is 5. The first-order chi connectivity index (χ1) is 7.79. The van der Waals surface area contributed by atoms with Crippen molar-refractivity contribution in [2.45, 2.75) is 6.42 Å². The number of hydrogen-bond donors (Lipinski definition) is 3. The number of amides is 1. The van der Waals surface area contributed by atoms with Crippen LogP contribution in [0.3, 0.4) is 0 Å². The first-order valence-corrected chi connectivity index (χ1v) is 6.71. The molecular formula is C9H16N4O3S. The van der Waals surface area contributed by atoms with Gasteiger partial charge in [0.25, 0.3) is 5.91 Å². The number of carbonyl (C=O) groups excluding carboxylic acids is 1. The Bertz CT molecular complexity index is 506. The summed E-state index contributed by atoms with van der Waals surface area (Å²) in [4.78, 5) is 11.6. The maximum atomic E-state index is 11.6. The van der Waals surface area contributed by atoms with E-state index in [4.69, 9.17) is 10.9 Å². The number of sulfonamides is 1. The third-order valence-electron chi connectivity index (χ3n) is 2.15. The van der Waals surface area contributed by atoms with E-state index in [9.17, 15) is 13.2 Å². The average Bonchev–Trinajstić information content (AvgIpc) is 2.51. The first-order valence-electron chi connectivity index (χ1n) is 5.00. The van der Waals surface area contributed by atoms with E-state index in [1.54, 1.807) is 23.9 Å². The van der Waals surface area contributed by atoms with Crippen LogP contribution in [0.2, 0.25) is 0 Å². The normalized spacial score (nSPS) is 11.4. The van der Waals surface area contributed by atoms with E-state index in [0.717, 1.165) is 0 Å². The molecule has 0 bridgehead atoms. The highest BCUT2D eigenvalue weighted by atomic mass is 32.2. The predicted molar refractivity (Wildman–Crippen MR) is 64.7 cm³/mol. The summed E-state index contributed by atoms with van der Waals surface area (Å²) in [7, 11) is -1.76. The lowest BCUT2D eigenvalue weighted by atomic mass is 10.3. The highest BCUT2D eigenvalue weighted by Gasteiger charge is 2.10. The number of carbonyl (C=O) groups is 1. The molecule has 1 rings (SSSR count). The monoisotopic (exact) mass is 260 g/mol. The molecule has 0 saturated carbocycles. The van der Waals surface area contributed by atoms with Gasteiger partial charge < -0.3 is 15.6 Å². The van der Waals surface area contributed by atoms with Crippen molar-refractivity contribution in [1.82, 2.24) is 9.88 Å². The zero-order valence-corrected chi connectivity index (χ0v) is 10.3. The van der Waals surface area contributed by atoms with Gasteiger partial charge in [0.2, 0.25) is 10.0 Å². The lowest BCUT2D eigenvalue weighted by Gasteiger charge is -2.05. The van der Waals surface area contributed by atoms with Crippen LogP contribution in [0.4, 0.5) is 5.69 Å². The van der Waals surface area contributed by atoms with Crippen LogP contribution < -0.4 is 16.2 Å². The van der Waals surface area contributed by atoms with Crippen molar-refractivity contribution in [2.75, 3.05) is 18.0 Å². The van der Waals surface area contributed by atoms with E-state index in [1.807, 2.05) is 0 Å².